The smallest absolute Gasteiger partial charge is 0.409 e. The third kappa shape index (κ3) is 6.89. The zero-order valence-electron chi connectivity index (χ0n) is 22.1. The topological polar surface area (TPSA) is 138 Å². The lowest BCUT2D eigenvalue weighted by Gasteiger charge is -2.36. The van der Waals surface area contributed by atoms with Crippen LogP contribution in [0.2, 0.25) is 0 Å². The molecule has 2 aromatic carbocycles. The van der Waals surface area contributed by atoms with E-state index in [2.05, 4.69) is 10.6 Å². The van der Waals surface area contributed by atoms with Crippen LogP contribution in [0.25, 0.3) is 0 Å². The highest BCUT2D eigenvalue weighted by atomic mass is 32.1. The molecule has 3 aromatic rings. The van der Waals surface area contributed by atoms with Crippen LogP contribution in [-0.2, 0) is 9.53 Å². The summed E-state index contributed by atoms with van der Waals surface area (Å²) in [5.41, 5.74) is 1.70. The summed E-state index contributed by atoms with van der Waals surface area (Å²) in [5, 5.41) is 16.9. The second kappa shape index (κ2) is 13.0. The normalized spacial score (nSPS) is 13.8. The average molecular weight is 567 g/mol. The number of carboxylic acid groups (broad SMARTS) is 1. The fourth-order valence-corrected chi connectivity index (χ4v) is 5.18. The lowest BCUT2D eigenvalue weighted by atomic mass is 10.1. The number of aliphatic carboxylic acids is 1. The Morgan fingerprint density at radius 1 is 0.950 bits per heavy atom. The van der Waals surface area contributed by atoms with Gasteiger partial charge in [-0.2, -0.15) is 0 Å². The third-order valence-electron chi connectivity index (χ3n) is 6.46. The minimum absolute atomic E-state index is 0.254. The van der Waals surface area contributed by atoms with Crippen LogP contribution in [0, 0.1) is 0 Å². The van der Waals surface area contributed by atoms with Crippen molar-refractivity contribution in [3.05, 3.63) is 76.0 Å². The van der Waals surface area contributed by atoms with E-state index in [9.17, 15) is 24.3 Å². The first-order valence-corrected chi connectivity index (χ1v) is 13.4. The first-order valence-electron chi connectivity index (χ1n) is 12.5. The number of piperazine rings is 1. The van der Waals surface area contributed by atoms with Crippen molar-refractivity contribution in [1.29, 1.82) is 0 Å². The largest absolute Gasteiger partial charge is 0.497 e. The van der Waals surface area contributed by atoms with Gasteiger partial charge >= 0.3 is 12.1 Å². The summed E-state index contributed by atoms with van der Waals surface area (Å²) in [6.07, 6.45) is -0.672. The third-order valence-corrected chi connectivity index (χ3v) is 7.45. The van der Waals surface area contributed by atoms with Crippen LogP contribution in [-0.4, -0.2) is 74.3 Å². The van der Waals surface area contributed by atoms with E-state index >= 15 is 0 Å². The summed E-state index contributed by atoms with van der Waals surface area (Å²) in [7, 11) is 2.85. The van der Waals surface area contributed by atoms with E-state index in [1.165, 1.54) is 25.6 Å². The average Bonchev–Trinajstić information content (AvgIpc) is 3.51. The summed E-state index contributed by atoms with van der Waals surface area (Å²) < 4.78 is 10.1. The van der Waals surface area contributed by atoms with Gasteiger partial charge in [0.1, 0.15) is 5.75 Å². The second-order valence-corrected chi connectivity index (χ2v) is 9.98. The van der Waals surface area contributed by atoms with E-state index < -0.39 is 29.9 Å². The molecule has 1 saturated heterocycles. The van der Waals surface area contributed by atoms with Crippen LogP contribution in [0.3, 0.4) is 0 Å². The van der Waals surface area contributed by atoms with Gasteiger partial charge in [0.15, 0.2) is 0 Å². The Kier molecular flexibility index (Phi) is 9.23. The number of amides is 3. The van der Waals surface area contributed by atoms with Gasteiger partial charge in [-0.3, -0.25) is 14.4 Å². The molecule has 0 aliphatic carbocycles. The summed E-state index contributed by atoms with van der Waals surface area (Å²) in [4.78, 5) is 54.2. The van der Waals surface area contributed by atoms with Crippen molar-refractivity contribution in [2.45, 2.75) is 12.5 Å². The molecular weight excluding hydrogens is 536 g/mol. The fourth-order valence-electron chi connectivity index (χ4n) is 4.40. The molecule has 0 bridgehead atoms. The SMILES string of the molecule is COC(=O)N1CCN(c2ccc(C(=O)NC(CC(=O)O)c3cccs3)cc2NC(=O)c2cccc(OC)c2)CC1. The first-order chi connectivity index (χ1) is 19.3. The number of hydrogen-bond donors (Lipinski definition) is 3. The molecule has 1 aliphatic heterocycles. The highest BCUT2D eigenvalue weighted by Gasteiger charge is 2.25. The second-order valence-electron chi connectivity index (χ2n) is 9.00. The first kappa shape index (κ1) is 28.4. The Morgan fingerprint density at radius 2 is 1.70 bits per heavy atom. The van der Waals surface area contributed by atoms with Gasteiger partial charge in [0.2, 0.25) is 0 Å². The maximum Gasteiger partial charge on any atom is 0.409 e. The number of ether oxygens (including phenoxy) is 2. The zero-order valence-corrected chi connectivity index (χ0v) is 22.9. The Bertz CT molecular complexity index is 1370. The van der Waals surface area contributed by atoms with Gasteiger partial charge in [0, 0.05) is 42.2 Å². The number of carbonyl (C=O) groups is 4. The Hall–Kier alpha value is -4.58. The number of carbonyl (C=O) groups excluding carboxylic acids is 3. The molecule has 0 radical (unpaired) electrons. The molecule has 3 N–H and O–H groups in total. The van der Waals surface area contributed by atoms with E-state index in [0.717, 1.165) is 4.88 Å². The number of rotatable bonds is 9. The monoisotopic (exact) mass is 566 g/mol. The van der Waals surface area contributed by atoms with Crippen LogP contribution < -0.4 is 20.3 Å². The van der Waals surface area contributed by atoms with Crippen LogP contribution >= 0.6 is 11.3 Å². The summed E-state index contributed by atoms with van der Waals surface area (Å²) in [5.74, 6) is -1.38. The van der Waals surface area contributed by atoms with Gasteiger partial charge in [0.25, 0.3) is 11.8 Å². The molecule has 1 aliphatic rings. The predicted molar refractivity (Wildman–Crippen MR) is 150 cm³/mol. The number of nitrogens with zero attached hydrogens (tertiary/aromatic N) is 2. The highest BCUT2D eigenvalue weighted by Crippen LogP contribution is 2.30. The summed E-state index contributed by atoms with van der Waals surface area (Å²) >= 11 is 1.36. The molecular formula is C28H30N4O7S. The summed E-state index contributed by atoms with van der Waals surface area (Å²) in [6, 6.07) is 14.5. The molecule has 0 spiro atoms. The Balaban J connectivity index is 1.61. The highest BCUT2D eigenvalue weighted by molar-refractivity contribution is 7.10. The maximum absolute atomic E-state index is 13.3. The van der Waals surface area contributed by atoms with E-state index in [4.69, 9.17) is 9.47 Å². The molecule has 1 atom stereocenters. The number of hydrogen-bond acceptors (Lipinski definition) is 8. The Morgan fingerprint density at radius 3 is 2.35 bits per heavy atom. The molecule has 210 valence electrons. The van der Waals surface area contributed by atoms with Gasteiger partial charge < -0.3 is 35.0 Å². The molecule has 11 nitrogen and oxygen atoms in total. The summed E-state index contributed by atoms with van der Waals surface area (Å²) in [6.45, 7) is 1.83. The van der Waals surface area contributed by atoms with Crippen LogP contribution in [0.15, 0.2) is 60.0 Å². The van der Waals surface area contributed by atoms with Crippen molar-refractivity contribution < 1.29 is 33.8 Å². The lowest BCUT2D eigenvalue weighted by Crippen LogP contribution is -2.49. The zero-order chi connectivity index (χ0) is 28.6. The standard InChI is InChI=1S/C28H30N4O7S/c1-38-20-6-3-5-18(15-20)26(35)29-21-16-19(27(36)30-22(17-25(33)34)24-7-4-14-40-24)8-9-23(21)31-10-12-32(13-11-31)28(37)39-2/h3-9,14-16,22H,10-13,17H2,1-2H3,(H,29,35)(H,30,36)(H,33,34). The molecule has 40 heavy (non-hydrogen) atoms. The minimum Gasteiger partial charge on any atom is -0.497 e. The van der Waals surface area contributed by atoms with Gasteiger partial charge in [0.05, 0.1) is 38.1 Å². The predicted octanol–water partition coefficient (Wildman–Crippen LogP) is 3.84. The Labute approximate surface area is 235 Å². The molecule has 2 heterocycles. The van der Waals surface area contributed by atoms with Crippen molar-refractivity contribution in [3.8, 4) is 5.75 Å². The van der Waals surface area contributed by atoms with Crippen molar-refractivity contribution in [2.24, 2.45) is 0 Å². The number of benzene rings is 2. The fraction of sp³-hybridized carbons (Fsp3) is 0.286. The molecule has 0 saturated carbocycles. The maximum atomic E-state index is 13.3. The molecule has 12 heteroatoms. The molecule has 1 fully saturated rings. The van der Waals surface area contributed by atoms with Gasteiger partial charge in [-0.25, -0.2) is 4.79 Å². The molecule has 1 aromatic heterocycles. The minimum atomic E-state index is -1.04. The van der Waals surface area contributed by atoms with Crippen LogP contribution in [0.1, 0.15) is 38.1 Å². The van der Waals surface area contributed by atoms with E-state index in [1.54, 1.807) is 59.5 Å². The van der Waals surface area contributed by atoms with Crippen molar-refractivity contribution in [3.63, 3.8) is 0 Å². The number of anilines is 2. The number of carboxylic acids is 1. The van der Waals surface area contributed by atoms with Crippen molar-refractivity contribution in [1.82, 2.24) is 10.2 Å². The van der Waals surface area contributed by atoms with E-state index in [-0.39, 0.29) is 12.0 Å². The lowest BCUT2D eigenvalue weighted by molar-refractivity contribution is -0.137. The number of methoxy groups -OCH3 is 2. The van der Waals surface area contributed by atoms with E-state index in [1.807, 2.05) is 10.3 Å². The van der Waals surface area contributed by atoms with Gasteiger partial charge in [-0.15, -0.1) is 11.3 Å². The van der Waals surface area contributed by atoms with Gasteiger partial charge in [-0.05, 0) is 47.8 Å². The van der Waals surface area contributed by atoms with Gasteiger partial charge in [-0.1, -0.05) is 12.1 Å². The van der Waals surface area contributed by atoms with Crippen molar-refractivity contribution >= 4 is 46.6 Å². The number of thiophene rings is 1. The van der Waals surface area contributed by atoms with Crippen molar-refractivity contribution in [2.75, 3.05) is 50.6 Å². The molecule has 1 unspecified atom stereocenters. The number of nitrogens with one attached hydrogen (secondary N) is 2. The van der Waals surface area contributed by atoms with Crippen LogP contribution in [0.5, 0.6) is 5.75 Å². The molecule has 3 amide bonds. The molecule has 4 rings (SSSR count). The quantitative estimate of drug-likeness (QED) is 0.355. The van der Waals surface area contributed by atoms with Crippen LogP contribution in [0.4, 0.5) is 16.2 Å². The van der Waals surface area contributed by atoms with E-state index in [0.29, 0.717) is 48.9 Å².